The average Bonchev–Trinajstić information content (AvgIpc) is 3.26. The second-order valence-electron chi connectivity index (χ2n) is 6.80. The number of thiophene rings is 1. The summed E-state index contributed by atoms with van der Waals surface area (Å²) in [6.45, 7) is 2.21. The lowest BCUT2D eigenvalue weighted by Crippen LogP contribution is -2.26. The first-order valence-electron chi connectivity index (χ1n) is 8.61. The maximum atomic E-state index is 12.5. The Morgan fingerprint density at radius 3 is 2.92 bits per heavy atom. The molecule has 0 saturated carbocycles. The number of hydrazine groups is 1. The van der Waals surface area contributed by atoms with Crippen LogP contribution in [0.25, 0.3) is 15.1 Å². The van der Waals surface area contributed by atoms with Crippen molar-refractivity contribution in [2.24, 2.45) is 5.92 Å². The summed E-state index contributed by atoms with van der Waals surface area (Å²) in [5, 5.41) is 4.27. The van der Waals surface area contributed by atoms with E-state index in [9.17, 15) is 4.79 Å². The molecule has 5 rings (SSSR count). The molecule has 0 spiro atoms. The summed E-state index contributed by atoms with van der Waals surface area (Å²) >= 11 is 3.44. The van der Waals surface area contributed by atoms with Gasteiger partial charge in [-0.05, 0) is 37.9 Å². The van der Waals surface area contributed by atoms with E-state index < -0.39 is 0 Å². The first-order valence-corrected chi connectivity index (χ1v) is 10.2. The maximum Gasteiger partial charge on any atom is 0.190 e. The standard InChI is InChI=1S/C18H18N4OS2/c1-22-9-11-6-12(14(23)7-13(11)21-22)17-20-18-16(25-17)8-15(24-18)10-2-4-19-5-3-10/h6-11,19H,2-5H2,1H3/p+1. The van der Waals surface area contributed by atoms with Gasteiger partial charge < -0.3 is 5.32 Å². The molecule has 1 saturated heterocycles. The van der Waals surface area contributed by atoms with Gasteiger partial charge >= 0.3 is 0 Å². The molecular weight excluding hydrogens is 352 g/mol. The number of aromatic nitrogens is 1. The van der Waals surface area contributed by atoms with Gasteiger partial charge in [0.25, 0.3) is 0 Å². The largest absolute Gasteiger partial charge is 0.317 e. The number of rotatable bonds is 2. The van der Waals surface area contributed by atoms with E-state index in [2.05, 4.69) is 23.0 Å². The van der Waals surface area contributed by atoms with Gasteiger partial charge in [-0.1, -0.05) is 6.08 Å². The van der Waals surface area contributed by atoms with E-state index in [1.54, 1.807) is 28.7 Å². The molecular formula is C18H19N4OS2+. The number of piperidine rings is 1. The number of hydrogen-bond donors (Lipinski definition) is 2. The van der Waals surface area contributed by atoms with Crippen molar-refractivity contribution in [1.29, 1.82) is 0 Å². The summed E-state index contributed by atoms with van der Waals surface area (Å²) in [5.74, 6) is 0.846. The van der Waals surface area contributed by atoms with Gasteiger partial charge in [0.2, 0.25) is 0 Å². The smallest absolute Gasteiger partial charge is 0.190 e. The van der Waals surface area contributed by atoms with E-state index in [1.807, 2.05) is 17.8 Å². The van der Waals surface area contributed by atoms with E-state index >= 15 is 0 Å². The van der Waals surface area contributed by atoms with Crippen LogP contribution in [-0.2, 0) is 4.79 Å². The Kier molecular flexibility index (Phi) is 3.62. The zero-order valence-corrected chi connectivity index (χ0v) is 15.5. The molecule has 1 unspecified atom stereocenters. The minimum Gasteiger partial charge on any atom is -0.317 e. The van der Waals surface area contributed by atoms with Crippen molar-refractivity contribution in [3.05, 3.63) is 33.8 Å². The zero-order valence-electron chi connectivity index (χ0n) is 13.9. The van der Waals surface area contributed by atoms with Crippen LogP contribution in [0, 0.1) is 5.92 Å². The number of hydrogen-bond acceptors (Lipinski definition) is 6. The average molecular weight is 372 g/mol. The van der Waals surface area contributed by atoms with Crippen molar-refractivity contribution in [1.82, 2.24) is 15.7 Å². The zero-order chi connectivity index (χ0) is 17.0. The number of ketones is 1. The van der Waals surface area contributed by atoms with Crippen LogP contribution < -0.4 is 10.7 Å². The molecule has 2 aliphatic heterocycles. The molecule has 0 amide bonds. The van der Waals surface area contributed by atoms with Crippen LogP contribution in [0.2, 0.25) is 0 Å². The van der Waals surface area contributed by atoms with Gasteiger partial charge in [0.15, 0.2) is 19.0 Å². The topological polar surface area (TPSA) is 57.0 Å². The summed E-state index contributed by atoms with van der Waals surface area (Å²) in [4.78, 5) is 19.8. The number of fused-ring (bicyclic) bond motifs is 2. The fourth-order valence-corrected chi connectivity index (χ4v) is 6.15. The summed E-state index contributed by atoms with van der Waals surface area (Å²) < 4.78 is 3.11. The molecule has 0 radical (unpaired) electrons. The van der Waals surface area contributed by atoms with E-state index in [1.165, 1.54) is 22.4 Å². The van der Waals surface area contributed by atoms with Crippen molar-refractivity contribution in [3.8, 4) is 0 Å². The van der Waals surface area contributed by atoms with Crippen LogP contribution in [0.3, 0.4) is 0 Å². The predicted molar refractivity (Wildman–Crippen MR) is 102 cm³/mol. The predicted octanol–water partition coefficient (Wildman–Crippen LogP) is 2.52. The molecule has 3 aliphatic rings. The molecule has 7 heteroatoms. The first kappa shape index (κ1) is 15.4. The SMILES string of the molecule is C[N+]1=CC2C=C(c3nc4sc(C5CCNCC5)cc4s3)C(=O)C=C2N1. The van der Waals surface area contributed by atoms with Gasteiger partial charge in [-0.15, -0.1) is 27.4 Å². The van der Waals surface area contributed by atoms with Crippen LogP contribution in [0.4, 0.5) is 0 Å². The third kappa shape index (κ3) is 2.67. The number of carbonyl (C=O) groups excluding carboxylic acids is 1. The molecule has 128 valence electrons. The number of nitrogens with zero attached hydrogens (tertiary/aromatic N) is 2. The fourth-order valence-electron chi connectivity index (χ4n) is 3.73. The quantitative estimate of drug-likeness (QED) is 0.797. The lowest BCUT2D eigenvalue weighted by molar-refractivity contribution is -0.540. The van der Waals surface area contributed by atoms with Crippen molar-refractivity contribution in [2.75, 3.05) is 20.1 Å². The van der Waals surface area contributed by atoms with Gasteiger partial charge in [-0.2, -0.15) is 5.43 Å². The first-order chi connectivity index (χ1) is 12.2. The van der Waals surface area contributed by atoms with E-state index in [0.717, 1.165) is 34.2 Å². The van der Waals surface area contributed by atoms with E-state index in [-0.39, 0.29) is 11.7 Å². The highest BCUT2D eigenvalue weighted by molar-refractivity contribution is 7.27. The van der Waals surface area contributed by atoms with Crippen molar-refractivity contribution < 1.29 is 9.48 Å². The second kappa shape index (κ2) is 5.86. The van der Waals surface area contributed by atoms with Crippen LogP contribution in [0.15, 0.2) is 23.9 Å². The van der Waals surface area contributed by atoms with E-state index in [0.29, 0.717) is 5.92 Å². The summed E-state index contributed by atoms with van der Waals surface area (Å²) in [6.07, 6.45) is 8.22. The Bertz CT molecular complexity index is 928. The monoisotopic (exact) mass is 371 g/mol. The number of allylic oxidation sites excluding steroid dienone is 3. The minimum absolute atomic E-state index is 0.0439. The molecule has 1 aliphatic carbocycles. The Labute approximate surface area is 153 Å². The number of hydrazone groups is 1. The highest BCUT2D eigenvalue weighted by Gasteiger charge is 2.32. The van der Waals surface area contributed by atoms with E-state index in [4.69, 9.17) is 4.98 Å². The van der Waals surface area contributed by atoms with Crippen molar-refractivity contribution in [3.63, 3.8) is 0 Å². The molecule has 1 fully saturated rings. The van der Waals surface area contributed by atoms with Gasteiger partial charge in [0, 0.05) is 11.0 Å². The molecule has 25 heavy (non-hydrogen) atoms. The normalized spacial score (nSPS) is 24.0. The van der Waals surface area contributed by atoms with Crippen LogP contribution in [-0.4, -0.2) is 41.8 Å². The lowest BCUT2D eigenvalue weighted by Gasteiger charge is -2.21. The fraction of sp³-hybridized carbons (Fsp3) is 0.389. The van der Waals surface area contributed by atoms with Crippen LogP contribution in [0.1, 0.15) is 28.6 Å². The Morgan fingerprint density at radius 2 is 2.12 bits per heavy atom. The molecule has 0 aromatic carbocycles. The van der Waals surface area contributed by atoms with Gasteiger partial charge in [0.05, 0.1) is 16.0 Å². The van der Waals surface area contributed by atoms with Crippen LogP contribution in [0.5, 0.6) is 0 Å². The van der Waals surface area contributed by atoms with Crippen molar-refractivity contribution in [2.45, 2.75) is 18.8 Å². The Morgan fingerprint density at radius 1 is 1.28 bits per heavy atom. The number of thiazole rings is 1. The molecule has 4 heterocycles. The van der Waals surface area contributed by atoms with Crippen LogP contribution >= 0.6 is 22.7 Å². The summed E-state index contributed by atoms with van der Waals surface area (Å²) in [6, 6.07) is 2.29. The molecule has 2 N–H and O–H groups in total. The van der Waals surface area contributed by atoms with Gasteiger partial charge in [-0.25, -0.2) is 4.98 Å². The molecule has 0 bridgehead atoms. The Balaban J connectivity index is 1.46. The van der Waals surface area contributed by atoms with Gasteiger partial charge in [-0.3, -0.25) is 4.79 Å². The highest BCUT2D eigenvalue weighted by atomic mass is 32.1. The Hall–Kier alpha value is -1.83. The third-order valence-electron chi connectivity index (χ3n) is 5.03. The summed E-state index contributed by atoms with van der Waals surface area (Å²) in [7, 11) is 1.94. The minimum atomic E-state index is 0.0439. The van der Waals surface area contributed by atoms with Crippen molar-refractivity contribution >= 4 is 49.8 Å². The number of nitrogens with one attached hydrogen (secondary N) is 2. The molecule has 5 nitrogen and oxygen atoms in total. The third-order valence-corrected chi connectivity index (χ3v) is 7.38. The second-order valence-corrected chi connectivity index (χ2v) is 8.90. The molecule has 2 aromatic rings. The maximum absolute atomic E-state index is 12.5. The molecule has 1 atom stereocenters. The van der Waals surface area contributed by atoms with Gasteiger partial charge in [0.1, 0.15) is 15.8 Å². The lowest BCUT2D eigenvalue weighted by atomic mass is 9.95. The molecule has 2 aromatic heterocycles. The number of carbonyl (C=O) groups is 1. The summed E-state index contributed by atoms with van der Waals surface area (Å²) in [5.41, 5.74) is 4.86. The highest BCUT2D eigenvalue weighted by Crippen LogP contribution is 2.39.